The van der Waals surface area contributed by atoms with Crippen molar-refractivity contribution in [1.29, 1.82) is 0 Å². The van der Waals surface area contributed by atoms with E-state index in [0.717, 1.165) is 63.9 Å². The number of halogens is 1. The van der Waals surface area contributed by atoms with Crippen LogP contribution in [0.3, 0.4) is 0 Å². The van der Waals surface area contributed by atoms with Crippen LogP contribution in [0.5, 0.6) is 0 Å². The largest absolute Gasteiger partial charge is 0.325 e. The Labute approximate surface area is 220 Å². The number of benzene rings is 3. The molecule has 3 aromatic carbocycles. The highest BCUT2D eigenvalue weighted by Crippen LogP contribution is 2.41. The van der Waals surface area contributed by atoms with Gasteiger partial charge in [-0.3, -0.25) is 9.20 Å². The van der Waals surface area contributed by atoms with Crippen LogP contribution >= 0.6 is 15.9 Å². The molecule has 0 fully saturated rings. The zero-order valence-corrected chi connectivity index (χ0v) is 22.5. The first-order chi connectivity index (χ1) is 17.4. The van der Waals surface area contributed by atoms with Crippen molar-refractivity contribution in [2.75, 3.05) is 0 Å². The molecule has 4 heteroatoms. The molecule has 0 unspecified atom stereocenters. The molecule has 2 aromatic heterocycles. The van der Waals surface area contributed by atoms with Crippen LogP contribution in [-0.2, 0) is 13.0 Å². The second-order valence-electron chi connectivity index (χ2n) is 10.0. The Morgan fingerprint density at radius 2 is 1.67 bits per heavy atom. The first-order valence-corrected chi connectivity index (χ1v) is 13.4. The maximum Gasteiger partial charge on any atom is 0.210 e. The van der Waals surface area contributed by atoms with Crippen molar-refractivity contribution in [2.45, 2.75) is 46.6 Å². The molecule has 180 valence electrons. The van der Waals surface area contributed by atoms with Gasteiger partial charge >= 0.3 is 0 Å². The molecule has 1 aliphatic rings. The maximum atomic E-state index is 14.3. The Morgan fingerprint density at radius 3 is 2.42 bits per heavy atom. The lowest BCUT2D eigenvalue weighted by Crippen LogP contribution is -2.07. The fourth-order valence-corrected chi connectivity index (χ4v) is 5.94. The number of aryl methyl sites for hydroxylation is 5. The zero-order valence-electron chi connectivity index (χ0n) is 20.9. The van der Waals surface area contributed by atoms with Crippen molar-refractivity contribution >= 4 is 27.4 Å². The molecule has 0 atom stereocenters. The molecule has 0 amide bonds. The Bertz CT molecular complexity index is 1640. The summed E-state index contributed by atoms with van der Waals surface area (Å²) in [7, 11) is 0. The van der Waals surface area contributed by atoms with E-state index in [1.54, 1.807) is 0 Å². The van der Waals surface area contributed by atoms with Gasteiger partial charge in [0.1, 0.15) is 11.3 Å². The van der Waals surface area contributed by atoms with Gasteiger partial charge in [-0.15, -0.1) is 0 Å². The van der Waals surface area contributed by atoms with E-state index in [2.05, 4.69) is 100 Å². The molecule has 3 nitrogen and oxygen atoms in total. The van der Waals surface area contributed by atoms with E-state index in [1.807, 2.05) is 18.2 Å². The predicted octanol–water partition coefficient (Wildman–Crippen LogP) is 8.33. The molecule has 6 rings (SSSR count). The maximum absolute atomic E-state index is 14.3. The van der Waals surface area contributed by atoms with Crippen molar-refractivity contribution in [3.05, 3.63) is 111 Å². The van der Waals surface area contributed by atoms with Crippen molar-refractivity contribution in [1.82, 2.24) is 8.97 Å². The van der Waals surface area contributed by atoms with Gasteiger partial charge in [-0.05, 0) is 80.5 Å². The number of carbonyl (C=O) groups excluding carboxylic acids is 1. The molecular weight excluding hydrogens is 508 g/mol. The number of ketones is 1. The molecule has 0 spiro atoms. The van der Waals surface area contributed by atoms with Gasteiger partial charge in [0.15, 0.2) is 0 Å². The molecule has 1 aliphatic heterocycles. The van der Waals surface area contributed by atoms with Crippen molar-refractivity contribution in [3.63, 3.8) is 0 Å². The summed E-state index contributed by atoms with van der Waals surface area (Å²) < 4.78 is 5.64. The van der Waals surface area contributed by atoms with E-state index in [4.69, 9.17) is 0 Å². The van der Waals surface area contributed by atoms with E-state index < -0.39 is 0 Å². The lowest BCUT2D eigenvalue weighted by Gasteiger charge is -2.10. The van der Waals surface area contributed by atoms with E-state index in [9.17, 15) is 4.79 Å². The fraction of sp³-hybridized carbons (Fsp3) is 0.219. The van der Waals surface area contributed by atoms with Crippen LogP contribution in [0.15, 0.2) is 77.4 Å². The minimum Gasteiger partial charge on any atom is -0.325 e. The van der Waals surface area contributed by atoms with Gasteiger partial charge in [0.05, 0.1) is 5.69 Å². The molecule has 0 aliphatic carbocycles. The standard InChI is InChI=1S/C32H29BrN2O/c1-20-10-13-23(14-11-20)28-19-35-30(31(36)25-15-12-21(2)22(3)17-25)29(24-7-6-8-26(33)18-24)27-9-4-5-16-34(28)32(27)35/h6-8,10-15,17-19H,4-5,9,16H2,1-3H3. The summed E-state index contributed by atoms with van der Waals surface area (Å²) in [5, 5.41) is 0. The highest BCUT2D eigenvalue weighted by molar-refractivity contribution is 9.10. The summed E-state index contributed by atoms with van der Waals surface area (Å²) in [6, 6.07) is 23.1. The van der Waals surface area contributed by atoms with Gasteiger partial charge in [-0.2, -0.15) is 0 Å². The number of nitrogens with zero attached hydrogens (tertiary/aromatic N) is 2. The third-order valence-electron chi connectivity index (χ3n) is 7.58. The monoisotopic (exact) mass is 536 g/mol. The second-order valence-corrected chi connectivity index (χ2v) is 10.9. The van der Waals surface area contributed by atoms with Crippen LogP contribution in [0.4, 0.5) is 0 Å². The quantitative estimate of drug-likeness (QED) is 0.212. The van der Waals surface area contributed by atoms with Crippen LogP contribution in [0, 0.1) is 20.8 Å². The van der Waals surface area contributed by atoms with Gasteiger partial charge < -0.3 is 4.57 Å². The van der Waals surface area contributed by atoms with E-state index in [-0.39, 0.29) is 5.78 Å². The fourth-order valence-electron chi connectivity index (χ4n) is 5.54. The van der Waals surface area contributed by atoms with Crippen molar-refractivity contribution in [3.8, 4) is 22.4 Å². The normalized spacial score (nSPS) is 13.2. The van der Waals surface area contributed by atoms with Crippen LogP contribution in [0.1, 0.15) is 51.1 Å². The SMILES string of the molecule is Cc1ccc(-c2cn3c(C(=O)c4ccc(C)c(C)c4)c(-c4cccc(Br)c4)c4c3n2CCCC4)cc1. The Balaban J connectivity index is 1.68. The minimum absolute atomic E-state index is 0.0718. The molecule has 0 N–H and O–H groups in total. The van der Waals surface area contributed by atoms with Gasteiger partial charge in [0.25, 0.3) is 0 Å². The van der Waals surface area contributed by atoms with Gasteiger partial charge in [0.2, 0.25) is 5.78 Å². The molecule has 3 heterocycles. The third kappa shape index (κ3) is 3.75. The first-order valence-electron chi connectivity index (χ1n) is 12.6. The summed E-state index contributed by atoms with van der Waals surface area (Å²) >= 11 is 3.66. The average molecular weight is 538 g/mol. The molecular formula is C32H29BrN2O. The topological polar surface area (TPSA) is 26.4 Å². The summed E-state index contributed by atoms with van der Waals surface area (Å²) in [5.41, 5.74) is 12.0. The van der Waals surface area contributed by atoms with Crippen LogP contribution in [0.25, 0.3) is 28.0 Å². The molecule has 5 aromatic rings. The smallest absolute Gasteiger partial charge is 0.210 e. The van der Waals surface area contributed by atoms with Crippen LogP contribution < -0.4 is 0 Å². The van der Waals surface area contributed by atoms with E-state index >= 15 is 0 Å². The summed E-state index contributed by atoms with van der Waals surface area (Å²) in [5.74, 6) is 0.0718. The summed E-state index contributed by atoms with van der Waals surface area (Å²) in [4.78, 5) is 14.3. The third-order valence-corrected chi connectivity index (χ3v) is 8.07. The number of aromatic nitrogens is 2. The first kappa shape index (κ1) is 23.1. The molecule has 0 bridgehead atoms. The Kier molecular flexibility index (Phi) is 5.72. The van der Waals surface area contributed by atoms with Crippen molar-refractivity contribution < 1.29 is 4.79 Å². The lowest BCUT2D eigenvalue weighted by atomic mass is 9.94. The summed E-state index contributed by atoms with van der Waals surface area (Å²) in [6.45, 7) is 7.23. The number of imidazole rings is 1. The molecule has 36 heavy (non-hydrogen) atoms. The zero-order chi connectivity index (χ0) is 25.0. The van der Waals surface area contributed by atoms with Gasteiger partial charge in [0, 0.05) is 33.9 Å². The van der Waals surface area contributed by atoms with E-state index in [1.165, 1.54) is 27.9 Å². The van der Waals surface area contributed by atoms with E-state index in [0.29, 0.717) is 0 Å². The van der Waals surface area contributed by atoms with Crippen molar-refractivity contribution in [2.24, 2.45) is 0 Å². The Hall–Kier alpha value is -3.37. The predicted molar refractivity (Wildman–Crippen MR) is 151 cm³/mol. The highest BCUT2D eigenvalue weighted by Gasteiger charge is 2.30. The van der Waals surface area contributed by atoms with Crippen LogP contribution in [-0.4, -0.2) is 14.8 Å². The second kappa shape index (κ2) is 8.94. The van der Waals surface area contributed by atoms with Gasteiger partial charge in [-0.1, -0.05) is 70.0 Å². The van der Waals surface area contributed by atoms with Crippen LogP contribution in [0.2, 0.25) is 0 Å². The number of rotatable bonds is 4. The molecule has 0 saturated heterocycles. The molecule has 0 saturated carbocycles. The summed E-state index contributed by atoms with van der Waals surface area (Å²) in [6.07, 6.45) is 5.37. The Morgan fingerprint density at radius 1 is 0.861 bits per heavy atom. The highest BCUT2D eigenvalue weighted by atomic mass is 79.9. The van der Waals surface area contributed by atoms with Gasteiger partial charge in [-0.25, -0.2) is 0 Å². The molecule has 0 radical (unpaired) electrons. The average Bonchev–Trinajstić information content (AvgIpc) is 3.28. The minimum atomic E-state index is 0.0718. The number of carbonyl (C=O) groups is 1. The number of hydrogen-bond acceptors (Lipinski definition) is 1. The lowest BCUT2D eigenvalue weighted by molar-refractivity contribution is 0.103. The number of hydrogen-bond donors (Lipinski definition) is 0.